The van der Waals surface area contributed by atoms with Gasteiger partial charge < -0.3 is 15.9 Å². The van der Waals surface area contributed by atoms with Gasteiger partial charge in [-0.15, -0.1) is 21.5 Å². The van der Waals surface area contributed by atoms with E-state index in [0.717, 1.165) is 31.2 Å². The second-order valence-electron chi connectivity index (χ2n) is 7.68. The molecule has 33 heavy (non-hydrogen) atoms. The molecule has 0 atom stereocenters. The van der Waals surface area contributed by atoms with Crippen molar-refractivity contribution in [2.75, 3.05) is 23.5 Å². The SMILES string of the molecule is CCOC(=O)c1c(NC(=O)CCSc2nnc(CCc3ccccc3)n2N)sc2c1CCC2. The molecule has 1 aromatic carbocycles. The lowest BCUT2D eigenvalue weighted by atomic mass is 10.1. The molecule has 2 heterocycles. The minimum atomic E-state index is -0.360. The van der Waals surface area contributed by atoms with E-state index in [1.165, 1.54) is 38.2 Å². The number of hydrogen-bond acceptors (Lipinski definition) is 8. The second kappa shape index (κ2) is 10.8. The Morgan fingerprint density at radius 3 is 2.82 bits per heavy atom. The number of benzene rings is 1. The first-order chi connectivity index (χ1) is 16.1. The van der Waals surface area contributed by atoms with Gasteiger partial charge in [0.05, 0.1) is 12.2 Å². The van der Waals surface area contributed by atoms with Gasteiger partial charge in [-0.3, -0.25) is 4.79 Å². The van der Waals surface area contributed by atoms with Crippen molar-refractivity contribution in [1.82, 2.24) is 14.9 Å². The van der Waals surface area contributed by atoms with Crippen molar-refractivity contribution < 1.29 is 14.3 Å². The molecule has 0 unspecified atom stereocenters. The first-order valence-electron chi connectivity index (χ1n) is 11.0. The van der Waals surface area contributed by atoms with Crippen molar-refractivity contribution in [3.8, 4) is 0 Å². The smallest absolute Gasteiger partial charge is 0.341 e. The Balaban J connectivity index is 1.30. The number of aryl methyl sites for hydroxylation is 3. The predicted octanol–water partition coefficient (Wildman–Crippen LogP) is 3.62. The van der Waals surface area contributed by atoms with E-state index in [1.54, 1.807) is 6.92 Å². The molecule has 3 aromatic rings. The van der Waals surface area contributed by atoms with Gasteiger partial charge in [-0.1, -0.05) is 42.1 Å². The number of ether oxygens (including phenoxy) is 1. The monoisotopic (exact) mass is 485 g/mol. The van der Waals surface area contributed by atoms with Crippen LogP contribution in [-0.2, 0) is 35.2 Å². The third-order valence-corrected chi connectivity index (χ3v) is 7.58. The number of esters is 1. The van der Waals surface area contributed by atoms with Crippen LogP contribution in [0.4, 0.5) is 5.00 Å². The van der Waals surface area contributed by atoms with E-state index in [2.05, 4.69) is 27.6 Å². The van der Waals surface area contributed by atoms with Crippen LogP contribution in [-0.4, -0.2) is 39.1 Å². The summed E-state index contributed by atoms with van der Waals surface area (Å²) in [7, 11) is 0. The molecule has 3 N–H and O–H groups in total. The molecule has 4 rings (SSSR count). The van der Waals surface area contributed by atoms with Crippen LogP contribution >= 0.6 is 23.1 Å². The van der Waals surface area contributed by atoms with E-state index in [-0.39, 0.29) is 18.3 Å². The highest BCUT2D eigenvalue weighted by Gasteiger charge is 2.28. The Hall–Kier alpha value is -2.85. The quantitative estimate of drug-likeness (QED) is 0.256. The summed E-state index contributed by atoms with van der Waals surface area (Å²) in [5.74, 6) is 6.84. The molecule has 2 aromatic heterocycles. The third-order valence-electron chi connectivity index (χ3n) is 5.43. The number of rotatable bonds is 10. The number of nitrogens with zero attached hydrogens (tertiary/aromatic N) is 3. The highest BCUT2D eigenvalue weighted by atomic mass is 32.2. The molecule has 0 fully saturated rings. The summed E-state index contributed by atoms with van der Waals surface area (Å²) in [6.45, 7) is 2.09. The fraction of sp³-hybridized carbons (Fsp3) is 0.391. The van der Waals surface area contributed by atoms with Gasteiger partial charge in [0.2, 0.25) is 11.1 Å². The van der Waals surface area contributed by atoms with Gasteiger partial charge in [0.15, 0.2) is 5.82 Å². The van der Waals surface area contributed by atoms with Gasteiger partial charge >= 0.3 is 5.97 Å². The number of carbonyl (C=O) groups excluding carboxylic acids is 2. The number of nitrogens with one attached hydrogen (secondary N) is 1. The molecule has 0 aliphatic heterocycles. The van der Waals surface area contributed by atoms with E-state index in [4.69, 9.17) is 10.6 Å². The van der Waals surface area contributed by atoms with E-state index < -0.39 is 0 Å². The Kier molecular flexibility index (Phi) is 7.66. The number of carbonyl (C=O) groups is 2. The number of anilines is 1. The zero-order valence-electron chi connectivity index (χ0n) is 18.5. The summed E-state index contributed by atoms with van der Waals surface area (Å²) in [5, 5.41) is 12.4. The summed E-state index contributed by atoms with van der Waals surface area (Å²) in [4.78, 5) is 26.2. The Morgan fingerprint density at radius 1 is 1.21 bits per heavy atom. The highest BCUT2D eigenvalue weighted by molar-refractivity contribution is 7.99. The van der Waals surface area contributed by atoms with Crippen LogP contribution in [0.1, 0.15) is 52.0 Å². The van der Waals surface area contributed by atoms with Crippen LogP contribution in [0.2, 0.25) is 0 Å². The standard InChI is InChI=1S/C23H27N5O3S2/c1-2-31-22(30)20-16-9-6-10-17(16)33-21(20)25-19(29)13-14-32-23-27-26-18(28(23)24)12-11-15-7-4-3-5-8-15/h3-5,7-8H,2,6,9-14,24H2,1H3,(H,25,29). The Bertz CT molecular complexity index is 1130. The van der Waals surface area contributed by atoms with Crippen LogP contribution in [0.15, 0.2) is 35.5 Å². The maximum absolute atomic E-state index is 12.6. The Morgan fingerprint density at radius 2 is 2.03 bits per heavy atom. The number of thioether (sulfide) groups is 1. The van der Waals surface area contributed by atoms with Crippen LogP contribution in [0.5, 0.6) is 0 Å². The number of amides is 1. The van der Waals surface area contributed by atoms with Crippen LogP contribution in [0, 0.1) is 0 Å². The van der Waals surface area contributed by atoms with Crippen molar-refractivity contribution in [2.45, 2.75) is 50.6 Å². The van der Waals surface area contributed by atoms with Gasteiger partial charge in [-0.25, -0.2) is 9.47 Å². The average Bonchev–Trinajstić information content (AvgIpc) is 3.48. The number of hydrogen-bond donors (Lipinski definition) is 2. The molecule has 0 saturated heterocycles. The van der Waals surface area contributed by atoms with E-state index in [1.807, 2.05) is 18.2 Å². The van der Waals surface area contributed by atoms with Crippen molar-refractivity contribution in [3.05, 3.63) is 57.7 Å². The highest BCUT2D eigenvalue weighted by Crippen LogP contribution is 2.39. The summed E-state index contributed by atoms with van der Waals surface area (Å²) < 4.78 is 6.71. The van der Waals surface area contributed by atoms with Gasteiger partial charge in [0.25, 0.3) is 0 Å². The summed E-state index contributed by atoms with van der Waals surface area (Å²) in [6.07, 6.45) is 4.61. The van der Waals surface area contributed by atoms with Gasteiger partial charge in [-0.05, 0) is 43.7 Å². The van der Waals surface area contributed by atoms with Crippen LogP contribution in [0.3, 0.4) is 0 Å². The van der Waals surface area contributed by atoms with Crippen LogP contribution < -0.4 is 11.2 Å². The van der Waals surface area contributed by atoms with Gasteiger partial charge in [0.1, 0.15) is 5.00 Å². The van der Waals surface area contributed by atoms with Gasteiger partial charge in [-0.2, -0.15) is 0 Å². The van der Waals surface area contributed by atoms with Gasteiger partial charge in [0, 0.05) is 23.5 Å². The molecular weight excluding hydrogens is 458 g/mol. The van der Waals surface area contributed by atoms with Crippen molar-refractivity contribution >= 4 is 40.0 Å². The predicted molar refractivity (Wildman–Crippen MR) is 130 cm³/mol. The lowest BCUT2D eigenvalue weighted by molar-refractivity contribution is -0.115. The molecule has 0 saturated carbocycles. The topological polar surface area (TPSA) is 112 Å². The first-order valence-corrected chi connectivity index (χ1v) is 12.8. The van der Waals surface area contributed by atoms with E-state index in [0.29, 0.717) is 40.3 Å². The number of aromatic nitrogens is 3. The normalized spacial score (nSPS) is 12.5. The molecular formula is C23H27N5O3S2. The number of thiophene rings is 1. The lowest BCUT2D eigenvalue weighted by Crippen LogP contribution is -2.16. The molecule has 10 heteroatoms. The fourth-order valence-corrected chi connectivity index (χ4v) is 5.92. The summed E-state index contributed by atoms with van der Waals surface area (Å²) >= 11 is 2.87. The zero-order chi connectivity index (χ0) is 23.2. The van der Waals surface area contributed by atoms with Crippen LogP contribution in [0.25, 0.3) is 0 Å². The number of nitrogen functional groups attached to an aromatic ring is 1. The Labute approximate surface area is 200 Å². The molecule has 1 aliphatic carbocycles. The molecule has 174 valence electrons. The largest absolute Gasteiger partial charge is 0.462 e. The molecule has 1 amide bonds. The zero-order valence-corrected chi connectivity index (χ0v) is 20.1. The molecule has 0 spiro atoms. The second-order valence-corrected chi connectivity index (χ2v) is 9.85. The van der Waals surface area contributed by atoms with Crippen molar-refractivity contribution in [1.29, 1.82) is 0 Å². The molecule has 0 bridgehead atoms. The third kappa shape index (κ3) is 5.56. The minimum absolute atomic E-state index is 0.152. The molecule has 0 radical (unpaired) electrons. The van der Waals surface area contributed by atoms with E-state index in [9.17, 15) is 9.59 Å². The lowest BCUT2D eigenvalue weighted by Gasteiger charge is -2.08. The summed E-state index contributed by atoms with van der Waals surface area (Å²) in [5.41, 5.74) is 2.77. The van der Waals surface area contributed by atoms with Crippen molar-refractivity contribution in [3.63, 3.8) is 0 Å². The van der Waals surface area contributed by atoms with Crippen molar-refractivity contribution in [2.24, 2.45) is 0 Å². The maximum Gasteiger partial charge on any atom is 0.341 e. The fourth-order valence-electron chi connectivity index (χ4n) is 3.81. The minimum Gasteiger partial charge on any atom is -0.462 e. The average molecular weight is 486 g/mol. The summed E-state index contributed by atoms with van der Waals surface area (Å²) in [6, 6.07) is 10.1. The number of nitrogens with two attached hydrogens (primary N) is 1. The molecule has 8 nitrogen and oxygen atoms in total. The first kappa shape index (κ1) is 23.3. The number of fused-ring (bicyclic) bond motifs is 1. The molecule has 1 aliphatic rings. The maximum atomic E-state index is 12.6. The van der Waals surface area contributed by atoms with E-state index >= 15 is 0 Å².